The molecule has 0 bridgehead atoms. The highest BCUT2D eigenvalue weighted by Gasteiger charge is 2.21. The van der Waals surface area contributed by atoms with Gasteiger partial charge in [-0.25, -0.2) is 9.37 Å². The number of aliphatic imine (C=N–C) groups is 1. The van der Waals surface area contributed by atoms with Crippen molar-refractivity contribution >= 4 is 5.71 Å². The van der Waals surface area contributed by atoms with E-state index in [0.717, 1.165) is 22.6 Å². The maximum atomic E-state index is 14.3. The molecule has 1 N–H and O–H groups in total. The Morgan fingerprint density at radius 2 is 2.00 bits per heavy atom. The van der Waals surface area contributed by atoms with Crippen molar-refractivity contribution in [3.8, 4) is 5.69 Å². The SMILES string of the molecule is OCc1ccc2c(c1)C(c1ccccc1F)=NCc1nccn1-2. The Hall–Kier alpha value is -2.79. The molecule has 0 radical (unpaired) electrons. The zero-order valence-corrected chi connectivity index (χ0v) is 12.3. The molecule has 4 nitrogen and oxygen atoms in total. The molecule has 0 unspecified atom stereocenters. The molecule has 0 aliphatic carbocycles. The number of aliphatic hydroxyl groups excluding tert-OH is 1. The summed E-state index contributed by atoms with van der Waals surface area (Å²) >= 11 is 0. The lowest BCUT2D eigenvalue weighted by molar-refractivity contribution is 0.282. The van der Waals surface area contributed by atoms with Gasteiger partial charge in [0.1, 0.15) is 11.6 Å². The van der Waals surface area contributed by atoms with Gasteiger partial charge in [-0.1, -0.05) is 18.2 Å². The zero-order chi connectivity index (χ0) is 15.8. The Bertz CT molecular complexity index is 914. The predicted molar refractivity (Wildman–Crippen MR) is 85.2 cm³/mol. The largest absolute Gasteiger partial charge is 0.392 e. The fraction of sp³-hybridized carbons (Fsp3) is 0.111. The molecule has 1 aliphatic rings. The molecule has 0 saturated heterocycles. The second-order valence-corrected chi connectivity index (χ2v) is 5.37. The molecule has 0 amide bonds. The van der Waals surface area contributed by atoms with Crippen molar-refractivity contribution in [1.82, 2.24) is 9.55 Å². The van der Waals surface area contributed by atoms with Crippen molar-refractivity contribution in [2.24, 2.45) is 4.99 Å². The van der Waals surface area contributed by atoms with Gasteiger partial charge in [-0.2, -0.15) is 0 Å². The van der Waals surface area contributed by atoms with Gasteiger partial charge < -0.3 is 9.67 Å². The Morgan fingerprint density at radius 1 is 1.13 bits per heavy atom. The normalized spacial score (nSPS) is 13.0. The van der Waals surface area contributed by atoms with Crippen LogP contribution in [0.25, 0.3) is 5.69 Å². The summed E-state index contributed by atoms with van der Waals surface area (Å²) in [5.74, 6) is 0.487. The van der Waals surface area contributed by atoms with E-state index < -0.39 is 0 Å². The average Bonchev–Trinajstić information content (AvgIpc) is 2.99. The van der Waals surface area contributed by atoms with Gasteiger partial charge in [-0.3, -0.25) is 4.99 Å². The third-order valence-electron chi connectivity index (χ3n) is 3.98. The van der Waals surface area contributed by atoms with Gasteiger partial charge in [-0.15, -0.1) is 0 Å². The molecule has 0 fully saturated rings. The molecular weight excluding hydrogens is 293 g/mol. The fourth-order valence-corrected chi connectivity index (χ4v) is 2.87. The third-order valence-corrected chi connectivity index (χ3v) is 3.98. The zero-order valence-electron chi connectivity index (χ0n) is 12.3. The second kappa shape index (κ2) is 5.44. The first kappa shape index (κ1) is 13.8. The number of benzene rings is 2. The van der Waals surface area contributed by atoms with Crippen LogP contribution in [-0.2, 0) is 13.2 Å². The Labute approximate surface area is 132 Å². The number of imidazole rings is 1. The number of fused-ring (bicyclic) bond motifs is 3. The molecule has 3 aromatic rings. The number of hydrogen-bond acceptors (Lipinski definition) is 3. The smallest absolute Gasteiger partial charge is 0.134 e. The van der Waals surface area contributed by atoms with Crippen molar-refractivity contribution in [3.63, 3.8) is 0 Å². The lowest BCUT2D eigenvalue weighted by Crippen LogP contribution is -2.09. The van der Waals surface area contributed by atoms with Crippen LogP contribution in [0, 0.1) is 5.82 Å². The summed E-state index contributed by atoms with van der Waals surface area (Å²) in [6, 6.07) is 12.2. The highest BCUT2D eigenvalue weighted by atomic mass is 19.1. The van der Waals surface area contributed by atoms with Crippen LogP contribution in [0.2, 0.25) is 0 Å². The molecule has 2 aromatic carbocycles. The van der Waals surface area contributed by atoms with Crippen LogP contribution in [0.5, 0.6) is 0 Å². The van der Waals surface area contributed by atoms with Crippen molar-refractivity contribution in [3.05, 3.63) is 83.2 Å². The van der Waals surface area contributed by atoms with Gasteiger partial charge in [0.05, 0.1) is 24.6 Å². The molecule has 1 aromatic heterocycles. The van der Waals surface area contributed by atoms with Gasteiger partial charge in [0.15, 0.2) is 0 Å². The Kier molecular flexibility index (Phi) is 3.28. The third kappa shape index (κ3) is 2.26. The van der Waals surface area contributed by atoms with Crippen molar-refractivity contribution in [2.45, 2.75) is 13.2 Å². The standard InChI is InChI=1S/C18H14FN3O/c19-15-4-2-1-3-13(15)18-14-9-12(11-23)5-6-16(14)22-8-7-20-17(22)10-21-18/h1-9,23H,10-11H2. The summed E-state index contributed by atoms with van der Waals surface area (Å²) in [6.45, 7) is 0.300. The van der Waals surface area contributed by atoms with Gasteiger partial charge in [0.2, 0.25) is 0 Å². The lowest BCUT2D eigenvalue weighted by atomic mass is 9.98. The molecule has 114 valence electrons. The van der Waals surface area contributed by atoms with E-state index in [1.54, 1.807) is 24.4 Å². The molecule has 0 saturated carbocycles. The molecule has 0 spiro atoms. The van der Waals surface area contributed by atoms with Crippen LogP contribution >= 0.6 is 0 Å². The van der Waals surface area contributed by atoms with E-state index >= 15 is 0 Å². The summed E-state index contributed by atoms with van der Waals surface area (Å²) in [5.41, 5.74) is 3.47. The van der Waals surface area contributed by atoms with Crippen LogP contribution in [0.3, 0.4) is 0 Å². The van der Waals surface area contributed by atoms with Crippen LogP contribution in [0.15, 0.2) is 59.9 Å². The first-order valence-electron chi connectivity index (χ1n) is 7.34. The quantitative estimate of drug-likeness (QED) is 0.791. The van der Waals surface area contributed by atoms with E-state index in [-0.39, 0.29) is 12.4 Å². The molecule has 2 heterocycles. The number of hydrogen-bond donors (Lipinski definition) is 1. The van der Waals surface area contributed by atoms with Gasteiger partial charge >= 0.3 is 0 Å². The number of aromatic nitrogens is 2. The second-order valence-electron chi connectivity index (χ2n) is 5.37. The first-order valence-corrected chi connectivity index (χ1v) is 7.34. The van der Waals surface area contributed by atoms with Crippen LogP contribution < -0.4 is 0 Å². The predicted octanol–water partition coefficient (Wildman–Crippen LogP) is 2.85. The van der Waals surface area contributed by atoms with Gasteiger partial charge in [0, 0.05) is 23.5 Å². The van der Waals surface area contributed by atoms with Crippen LogP contribution in [0.4, 0.5) is 4.39 Å². The summed E-state index contributed by atoms with van der Waals surface area (Å²) in [4.78, 5) is 8.92. The van der Waals surface area contributed by atoms with Crippen molar-refractivity contribution in [2.75, 3.05) is 0 Å². The van der Waals surface area contributed by atoms with Gasteiger partial charge in [0.25, 0.3) is 0 Å². The Balaban J connectivity index is 2.00. The summed E-state index contributed by atoms with van der Waals surface area (Å²) in [7, 11) is 0. The first-order chi connectivity index (χ1) is 11.3. The molecule has 5 heteroatoms. The molecule has 4 rings (SSSR count). The van der Waals surface area contributed by atoms with Crippen molar-refractivity contribution in [1.29, 1.82) is 0 Å². The minimum Gasteiger partial charge on any atom is -0.392 e. The highest BCUT2D eigenvalue weighted by molar-refractivity contribution is 6.15. The number of aliphatic hydroxyl groups is 1. The topological polar surface area (TPSA) is 50.4 Å². The van der Waals surface area contributed by atoms with Crippen LogP contribution in [0.1, 0.15) is 22.5 Å². The van der Waals surface area contributed by atoms with Crippen LogP contribution in [-0.4, -0.2) is 20.4 Å². The lowest BCUT2D eigenvalue weighted by Gasteiger charge is -2.13. The molecular formula is C18H14FN3O. The fourth-order valence-electron chi connectivity index (χ4n) is 2.87. The molecule has 1 aliphatic heterocycles. The van der Waals surface area contributed by atoms with E-state index in [2.05, 4.69) is 9.98 Å². The maximum Gasteiger partial charge on any atom is 0.134 e. The summed E-state index contributed by atoms with van der Waals surface area (Å²) < 4.78 is 16.2. The van der Waals surface area contributed by atoms with Crippen molar-refractivity contribution < 1.29 is 9.50 Å². The Morgan fingerprint density at radius 3 is 2.83 bits per heavy atom. The summed E-state index contributed by atoms with van der Waals surface area (Å²) in [6.07, 6.45) is 3.59. The van der Waals surface area contributed by atoms with E-state index in [1.165, 1.54) is 6.07 Å². The monoisotopic (exact) mass is 307 g/mol. The minimum atomic E-state index is -0.314. The average molecular weight is 307 g/mol. The van der Waals surface area contributed by atoms with E-state index in [9.17, 15) is 9.50 Å². The van der Waals surface area contributed by atoms with E-state index in [0.29, 0.717) is 17.8 Å². The number of rotatable bonds is 2. The van der Waals surface area contributed by atoms with Gasteiger partial charge in [-0.05, 0) is 29.8 Å². The van der Waals surface area contributed by atoms with E-state index in [4.69, 9.17) is 0 Å². The van der Waals surface area contributed by atoms with E-state index in [1.807, 2.05) is 29.0 Å². The maximum absolute atomic E-state index is 14.3. The highest BCUT2D eigenvalue weighted by Crippen LogP contribution is 2.26. The number of halogens is 1. The molecule has 0 atom stereocenters. The minimum absolute atomic E-state index is 0.0748. The summed E-state index contributed by atoms with van der Waals surface area (Å²) in [5, 5.41) is 9.44. The molecule has 23 heavy (non-hydrogen) atoms. The number of nitrogens with zero attached hydrogens (tertiary/aromatic N) is 3.